The standard InChI is InChI=1S/C20H24N6O2S/c1-13-16(14(2)28-25-13)12-29-17-9-5-4-8-15(17)18(27)21-19-22-20(24-23-19)26-10-6-3-7-11-26/h4-5,8-9H,3,6-7,10-12H2,1-2H3,(H2,21,22,23,24,27). The molecule has 0 spiro atoms. The van der Waals surface area contributed by atoms with E-state index in [1.165, 1.54) is 6.42 Å². The molecule has 8 nitrogen and oxygen atoms in total. The van der Waals surface area contributed by atoms with Crippen LogP contribution in [0.25, 0.3) is 0 Å². The molecule has 1 amide bonds. The van der Waals surface area contributed by atoms with E-state index >= 15 is 0 Å². The topological polar surface area (TPSA) is 99.9 Å². The van der Waals surface area contributed by atoms with Gasteiger partial charge in [-0.15, -0.1) is 16.9 Å². The summed E-state index contributed by atoms with van der Waals surface area (Å²) in [4.78, 5) is 20.3. The van der Waals surface area contributed by atoms with Crippen LogP contribution < -0.4 is 10.2 Å². The van der Waals surface area contributed by atoms with Gasteiger partial charge in [0.2, 0.25) is 11.9 Å². The van der Waals surface area contributed by atoms with Crippen LogP contribution in [0.15, 0.2) is 33.7 Å². The van der Waals surface area contributed by atoms with Gasteiger partial charge in [-0.25, -0.2) is 5.10 Å². The zero-order valence-corrected chi connectivity index (χ0v) is 17.4. The van der Waals surface area contributed by atoms with E-state index in [0.29, 0.717) is 23.2 Å². The lowest BCUT2D eigenvalue weighted by Gasteiger charge is -2.24. The Balaban J connectivity index is 1.44. The van der Waals surface area contributed by atoms with Crippen molar-refractivity contribution in [3.05, 3.63) is 46.8 Å². The van der Waals surface area contributed by atoms with Crippen molar-refractivity contribution in [2.45, 2.75) is 43.8 Å². The third kappa shape index (κ3) is 4.45. The maximum Gasteiger partial charge on any atom is 0.259 e. The largest absolute Gasteiger partial charge is 0.361 e. The van der Waals surface area contributed by atoms with Crippen LogP contribution in [0.2, 0.25) is 0 Å². The number of carbonyl (C=O) groups is 1. The Labute approximate surface area is 173 Å². The van der Waals surface area contributed by atoms with Crippen LogP contribution >= 0.6 is 11.8 Å². The molecule has 1 aliphatic rings. The lowest BCUT2D eigenvalue weighted by Crippen LogP contribution is -2.30. The molecule has 0 radical (unpaired) electrons. The maximum atomic E-state index is 12.9. The summed E-state index contributed by atoms with van der Waals surface area (Å²) in [6.07, 6.45) is 3.53. The Hall–Kier alpha value is -2.81. The molecule has 152 valence electrons. The molecule has 0 atom stereocenters. The third-order valence-corrected chi connectivity index (χ3v) is 6.13. The average molecular weight is 413 g/mol. The normalized spacial score (nSPS) is 14.2. The van der Waals surface area contributed by atoms with Crippen molar-refractivity contribution in [3.8, 4) is 0 Å². The Morgan fingerprint density at radius 2 is 2.03 bits per heavy atom. The molecule has 1 saturated heterocycles. The highest BCUT2D eigenvalue weighted by atomic mass is 32.2. The van der Waals surface area contributed by atoms with Gasteiger partial charge in [0.05, 0.1) is 11.3 Å². The van der Waals surface area contributed by atoms with Crippen LogP contribution in [0, 0.1) is 13.8 Å². The molecular formula is C20H24N6O2S. The van der Waals surface area contributed by atoms with E-state index < -0.39 is 0 Å². The van der Waals surface area contributed by atoms with Crippen molar-refractivity contribution in [2.75, 3.05) is 23.3 Å². The highest BCUT2D eigenvalue weighted by molar-refractivity contribution is 7.98. The molecule has 0 aliphatic carbocycles. The first-order chi connectivity index (χ1) is 14.1. The number of amides is 1. The molecule has 0 saturated carbocycles. The van der Waals surface area contributed by atoms with Gasteiger partial charge in [-0.1, -0.05) is 17.3 Å². The number of hydrogen-bond donors (Lipinski definition) is 2. The van der Waals surface area contributed by atoms with Gasteiger partial charge in [0.25, 0.3) is 5.91 Å². The first-order valence-corrected chi connectivity index (χ1v) is 10.7. The number of piperidine rings is 1. The first kappa shape index (κ1) is 19.5. The zero-order valence-electron chi connectivity index (χ0n) is 16.6. The minimum atomic E-state index is -0.215. The number of aryl methyl sites for hydroxylation is 2. The number of aromatic amines is 1. The summed E-state index contributed by atoms with van der Waals surface area (Å²) in [6, 6.07) is 7.54. The molecular weight excluding hydrogens is 388 g/mol. The van der Waals surface area contributed by atoms with Crippen molar-refractivity contribution >= 4 is 29.6 Å². The van der Waals surface area contributed by atoms with Crippen LogP contribution in [0.5, 0.6) is 0 Å². The molecule has 29 heavy (non-hydrogen) atoms. The van der Waals surface area contributed by atoms with E-state index in [0.717, 1.165) is 47.8 Å². The quantitative estimate of drug-likeness (QED) is 0.591. The molecule has 2 N–H and O–H groups in total. The molecule has 1 aromatic carbocycles. The molecule has 4 rings (SSSR count). The van der Waals surface area contributed by atoms with Gasteiger partial charge in [-0.2, -0.15) is 4.98 Å². The van der Waals surface area contributed by atoms with Crippen molar-refractivity contribution in [1.29, 1.82) is 0 Å². The van der Waals surface area contributed by atoms with Crippen molar-refractivity contribution in [3.63, 3.8) is 0 Å². The second kappa shape index (κ2) is 8.69. The minimum absolute atomic E-state index is 0.215. The predicted molar refractivity (Wildman–Crippen MR) is 112 cm³/mol. The Morgan fingerprint density at radius 1 is 1.24 bits per heavy atom. The van der Waals surface area contributed by atoms with Crippen LogP contribution in [-0.2, 0) is 5.75 Å². The molecule has 0 bridgehead atoms. The second-order valence-electron chi connectivity index (χ2n) is 7.07. The fraction of sp³-hybridized carbons (Fsp3) is 0.400. The number of nitrogens with one attached hydrogen (secondary N) is 2. The fourth-order valence-corrected chi connectivity index (χ4v) is 4.56. The lowest BCUT2D eigenvalue weighted by molar-refractivity contribution is 0.102. The molecule has 1 fully saturated rings. The number of rotatable bonds is 6. The first-order valence-electron chi connectivity index (χ1n) is 9.74. The van der Waals surface area contributed by atoms with Gasteiger partial charge in [0, 0.05) is 29.3 Å². The van der Waals surface area contributed by atoms with Gasteiger partial charge >= 0.3 is 0 Å². The van der Waals surface area contributed by atoms with Gasteiger partial charge in [-0.05, 0) is 45.2 Å². The molecule has 2 aromatic heterocycles. The van der Waals surface area contributed by atoms with Crippen LogP contribution in [0.3, 0.4) is 0 Å². The number of aromatic nitrogens is 4. The van der Waals surface area contributed by atoms with Gasteiger partial charge in [0.1, 0.15) is 5.76 Å². The summed E-state index contributed by atoms with van der Waals surface area (Å²) in [6.45, 7) is 5.73. The number of anilines is 2. The average Bonchev–Trinajstić information content (AvgIpc) is 3.34. The predicted octanol–water partition coefficient (Wildman–Crippen LogP) is 3.94. The molecule has 0 unspecified atom stereocenters. The fourth-order valence-electron chi connectivity index (χ4n) is 3.36. The number of nitrogens with zero attached hydrogens (tertiary/aromatic N) is 4. The van der Waals surface area contributed by atoms with E-state index in [1.807, 2.05) is 38.1 Å². The number of hydrogen-bond acceptors (Lipinski definition) is 7. The monoisotopic (exact) mass is 412 g/mol. The molecule has 3 heterocycles. The summed E-state index contributed by atoms with van der Waals surface area (Å²) >= 11 is 1.58. The summed E-state index contributed by atoms with van der Waals surface area (Å²) in [5.41, 5.74) is 2.54. The van der Waals surface area contributed by atoms with Crippen LogP contribution in [0.1, 0.15) is 46.6 Å². The van der Waals surface area contributed by atoms with Crippen molar-refractivity contribution in [1.82, 2.24) is 20.3 Å². The lowest BCUT2D eigenvalue weighted by atomic mass is 10.1. The van der Waals surface area contributed by atoms with E-state index in [2.05, 4.69) is 30.6 Å². The van der Waals surface area contributed by atoms with Crippen LogP contribution in [0.4, 0.5) is 11.9 Å². The summed E-state index contributed by atoms with van der Waals surface area (Å²) < 4.78 is 5.23. The number of H-pyrrole nitrogens is 1. The molecule has 3 aromatic rings. The van der Waals surface area contributed by atoms with Crippen molar-refractivity contribution in [2.24, 2.45) is 0 Å². The van der Waals surface area contributed by atoms with Crippen LogP contribution in [-0.4, -0.2) is 39.3 Å². The summed E-state index contributed by atoms with van der Waals surface area (Å²) in [5, 5.41) is 13.9. The van der Waals surface area contributed by atoms with Gasteiger partial charge in [0.15, 0.2) is 0 Å². The third-order valence-electron chi connectivity index (χ3n) is 5.03. The number of carbonyl (C=O) groups excluding carboxylic acids is 1. The highest BCUT2D eigenvalue weighted by Gasteiger charge is 2.18. The highest BCUT2D eigenvalue weighted by Crippen LogP contribution is 2.29. The Morgan fingerprint density at radius 3 is 2.79 bits per heavy atom. The number of benzene rings is 1. The van der Waals surface area contributed by atoms with E-state index in [1.54, 1.807) is 11.8 Å². The van der Waals surface area contributed by atoms with Gasteiger partial charge in [-0.3, -0.25) is 10.1 Å². The Bertz CT molecular complexity index is 973. The van der Waals surface area contributed by atoms with E-state index in [9.17, 15) is 4.79 Å². The Kier molecular flexibility index (Phi) is 5.84. The van der Waals surface area contributed by atoms with E-state index in [-0.39, 0.29) is 5.91 Å². The smallest absolute Gasteiger partial charge is 0.259 e. The SMILES string of the molecule is Cc1noc(C)c1CSc1ccccc1C(=O)Nc1nc(N2CCCCC2)n[nH]1. The summed E-state index contributed by atoms with van der Waals surface area (Å²) in [7, 11) is 0. The number of thioether (sulfide) groups is 1. The maximum absolute atomic E-state index is 12.9. The second-order valence-corrected chi connectivity index (χ2v) is 8.09. The molecule has 1 aliphatic heterocycles. The summed E-state index contributed by atoms with van der Waals surface area (Å²) in [5.74, 6) is 2.28. The van der Waals surface area contributed by atoms with Gasteiger partial charge < -0.3 is 9.42 Å². The minimum Gasteiger partial charge on any atom is -0.361 e. The zero-order chi connectivity index (χ0) is 20.2. The molecule has 9 heteroatoms. The van der Waals surface area contributed by atoms with E-state index in [4.69, 9.17) is 4.52 Å². The van der Waals surface area contributed by atoms with Crippen molar-refractivity contribution < 1.29 is 9.32 Å².